The molecule has 0 spiro atoms. The number of rotatable bonds is 7. The first-order valence-electron chi connectivity index (χ1n) is 7.04. The van der Waals surface area contributed by atoms with E-state index in [1.165, 1.54) is 0 Å². The van der Waals surface area contributed by atoms with Crippen molar-refractivity contribution in [1.82, 2.24) is 10.2 Å². The van der Waals surface area contributed by atoms with E-state index >= 15 is 0 Å². The fraction of sp³-hybridized carbons (Fsp3) is 0.533. The van der Waals surface area contributed by atoms with E-state index in [2.05, 4.69) is 10.6 Å². The average Bonchev–Trinajstić information content (AvgIpc) is 2.43. The van der Waals surface area contributed by atoms with Gasteiger partial charge in [0, 0.05) is 24.7 Å². The van der Waals surface area contributed by atoms with Gasteiger partial charge in [0.25, 0.3) is 5.91 Å². The Balaban J connectivity index is 2.77. The summed E-state index contributed by atoms with van der Waals surface area (Å²) in [7, 11) is 3.79. The van der Waals surface area contributed by atoms with E-state index in [0.29, 0.717) is 13.1 Å². The van der Waals surface area contributed by atoms with E-state index in [0.717, 1.165) is 18.6 Å². The Hall–Kier alpha value is -1.69. The van der Waals surface area contributed by atoms with E-state index < -0.39 is 17.5 Å². The van der Waals surface area contributed by atoms with Crippen molar-refractivity contribution in [2.24, 2.45) is 0 Å². The van der Waals surface area contributed by atoms with Gasteiger partial charge < -0.3 is 15.5 Å². The van der Waals surface area contributed by atoms with E-state index in [1.54, 1.807) is 0 Å². The summed E-state index contributed by atoms with van der Waals surface area (Å²) < 4.78 is 27.7. The number of halogens is 2. The highest BCUT2D eigenvalue weighted by atomic mass is 19.1. The van der Waals surface area contributed by atoms with Crippen LogP contribution in [-0.2, 0) is 0 Å². The lowest BCUT2D eigenvalue weighted by Crippen LogP contribution is -2.38. The van der Waals surface area contributed by atoms with Crippen LogP contribution in [0.3, 0.4) is 0 Å². The minimum Gasteiger partial charge on any atom is -0.380 e. The van der Waals surface area contributed by atoms with Gasteiger partial charge in [-0.15, -0.1) is 0 Å². The van der Waals surface area contributed by atoms with Crippen LogP contribution in [0.15, 0.2) is 12.1 Å². The predicted molar refractivity (Wildman–Crippen MR) is 80.6 cm³/mol. The normalized spacial score (nSPS) is 12.3. The molecule has 0 aliphatic rings. The first-order chi connectivity index (χ1) is 9.86. The van der Waals surface area contributed by atoms with Crippen LogP contribution in [0.2, 0.25) is 0 Å². The quantitative estimate of drug-likeness (QED) is 0.813. The molecule has 1 unspecified atom stereocenters. The monoisotopic (exact) mass is 299 g/mol. The molecule has 21 heavy (non-hydrogen) atoms. The maximum atomic E-state index is 13.8. The van der Waals surface area contributed by atoms with Crippen molar-refractivity contribution < 1.29 is 13.6 Å². The highest BCUT2D eigenvalue weighted by Crippen LogP contribution is 2.20. The van der Waals surface area contributed by atoms with Crippen LogP contribution in [0.4, 0.5) is 14.5 Å². The molecular weight excluding hydrogens is 276 g/mol. The number of hydrogen-bond donors (Lipinski definition) is 2. The van der Waals surface area contributed by atoms with Crippen LogP contribution in [0.5, 0.6) is 0 Å². The number of amides is 1. The number of benzene rings is 1. The summed E-state index contributed by atoms with van der Waals surface area (Å²) in [5.74, 6) is -1.99. The van der Waals surface area contributed by atoms with Crippen LogP contribution in [0, 0.1) is 11.6 Å². The third-order valence-electron chi connectivity index (χ3n) is 3.30. The molecule has 1 rings (SSSR count). The minimum atomic E-state index is -0.755. The van der Waals surface area contributed by atoms with Crippen molar-refractivity contribution in [3.63, 3.8) is 0 Å². The number of likely N-dealkylation sites (N-methyl/N-ethyl adjacent to an activating group) is 1. The zero-order valence-electron chi connectivity index (χ0n) is 13.0. The molecule has 118 valence electrons. The Morgan fingerprint density at radius 3 is 2.33 bits per heavy atom. The summed E-state index contributed by atoms with van der Waals surface area (Å²) in [6.45, 7) is 4.72. The number of carbonyl (C=O) groups is 1. The number of anilines is 1. The predicted octanol–water partition coefficient (Wildman–Crippen LogP) is 2.47. The molecule has 1 amide bonds. The smallest absolute Gasteiger partial charge is 0.251 e. The van der Waals surface area contributed by atoms with Crippen molar-refractivity contribution in [3.8, 4) is 0 Å². The van der Waals surface area contributed by atoms with Crippen LogP contribution in [0.25, 0.3) is 0 Å². The summed E-state index contributed by atoms with van der Waals surface area (Å²) in [6.07, 6.45) is 0.754. The van der Waals surface area contributed by atoms with Gasteiger partial charge in [-0.2, -0.15) is 0 Å². The van der Waals surface area contributed by atoms with Crippen molar-refractivity contribution in [2.45, 2.75) is 26.3 Å². The highest BCUT2D eigenvalue weighted by molar-refractivity contribution is 5.94. The van der Waals surface area contributed by atoms with E-state index in [1.807, 2.05) is 32.8 Å². The van der Waals surface area contributed by atoms with Gasteiger partial charge in [0.2, 0.25) is 0 Å². The van der Waals surface area contributed by atoms with Gasteiger partial charge in [-0.05, 0) is 39.6 Å². The summed E-state index contributed by atoms with van der Waals surface area (Å²) in [4.78, 5) is 13.9. The Morgan fingerprint density at radius 2 is 1.86 bits per heavy atom. The fourth-order valence-electron chi connectivity index (χ4n) is 1.65. The van der Waals surface area contributed by atoms with Crippen LogP contribution < -0.4 is 10.6 Å². The molecular formula is C15H23F2N3O. The summed E-state index contributed by atoms with van der Waals surface area (Å²) in [5, 5.41) is 5.34. The molecule has 1 aromatic rings. The van der Waals surface area contributed by atoms with Crippen molar-refractivity contribution >= 4 is 11.6 Å². The topological polar surface area (TPSA) is 44.4 Å². The average molecular weight is 299 g/mol. The Labute approximate surface area is 124 Å². The van der Waals surface area contributed by atoms with Crippen LogP contribution in [-0.4, -0.2) is 44.0 Å². The third-order valence-corrected chi connectivity index (χ3v) is 3.30. The number of hydrogen-bond acceptors (Lipinski definition) is 3. The van der Waals surface area contributed by atoms with Gasteiger partial charge in [0.1, 0.15) is 17.3 Å². The second kappa shape index (κ2) is 7.93. The second-order valence-electron chi connectivity index (χ2n) is 5.26. The first-order valence-corrected chi connectivity index (χ1v) is 7.04. The molecule has 0 fully saturated rings. The molecule has 4 nitrogen and oxygen atoms in total. The van der Waals surface area contributed by atoms with Crippen molar-refractivity contribution in [3.05, 3.63) is 29.3 Å². The van der Waals surface area contributed by atoms with E-state index in [4.69, 9.17) is 0 Å². The van der Waals surface area contributed by atoms with Gasteiger partial charge in [-0.1, -0.05) is 6.92 Å². The molecule has 0 saturated heterocycles. The van der Waals surface area contributed by atoms with Gasteiger partial charge in [-0.25, -0.2) is 8.78 Å². The van der Waals surface area contributed by atoms with Gasteiger partial charge in [-0.3, -0.25) is 4.79 Å². The molecule has 0 saturated carbocycles. The number of nitrogens with zero attached hydrogens (tertiary/aromatic N) is 1. The third kappa shape index (κ3) is 4.97. The second-order valence-corrected chi connectivity index (χ2v) is 5.26. The lowest BCUT2D eigenvalue weighted by Gasteiger charge is -2.20. The Morgan fingerprint density at radius 1 is 1.29 bits per heavy atom. The van der Waals surface area contributed by atoms with E-state index in [9.17, 15) is 13.6 Å². The minimum absolute atomic E-state index is 0.0157. The molecule has 0 aromatic heterocycles. The lowest BCUT2D eigenvalue weighted by atomic mass is 10.1. The number of carbonyl (C=O) groups excluding carboxylic acids is 1. The largest absolute Gasteiger partial charge is 0.380 e. The van der Waals surface area contributed by atoms with E-state index in [-0.39, 0.29) is 17.3 Å². The van der Waals surface area contributed by atoms with Gasteiger partial charge in [0.15, 0.2) is 0 Å². The standard InChI is InChI=1S/C15H23F2N3O/c1-5-6-18-14-12(16)7-11(8-13(14)17)15(21)19-9-10(2)20(3)4/h7-8,10,18H,5-6,9H2,1-4H3,(H,19,21). The molecule has 0 heterocycles. The molecule has 0 radical (unpaired) electrons. The SMILES string of the molecule is CCCNc1c(F)cc(C(=O)NCC(C)N(C)C)cc1F. The number of nitrogens with one attached hydrogen (secondary N) is 2. The van der Waals surface area contributed by atoms with Gasteiger partial charge in [0.05, 0.1) is 0 Å². The molecule has 0 bridgehead atoms. The van der Waals surface area contributed by atoms with Crippen LogP contribution >= 0.6 is 0 Å². The van der Waals surface area contributed by atoms with Crippen molar-refractivity contribution in [2.75, 3.05) is 32.5 Å². The fourth-order valence-corrected chi connectivity index (χ4v) is 1.65. The Bertz CT molecular complexity index is 469. The molecule has 1 atom stereocenters. The van der Waals surface area contributed by atoms with Crippen molar-refractivity contribution in [1.29, 1.82) is 0 Å². The molecule has 6 heteroatoms. The zero-order chi connectivity index (χ0) is 16.0. The zero-order valence-corrected chi connectivity index (χ0v) is 13.0. The molecule has 1 aromatic carbocycles. The maximum absolute atomic E-state index is 13.8. The maximum Gasteiger partial charge on any atom is 0.251 e. The van der Waals surface area contributed by atoms with Crippen LogP contribution in [0.1, 0.15) is 30.6 Å². The summed E-state index contributed by atoms with van der Waals surface area (Å²) >= 11 is 0. The van der Waals surface area contributed by atoms with Gasteiger partial charge >= 0.3 is 0 Å². The molecule has 0 aliphatic heterocycles. The Kier molecular flexibility index (Phi) is 6.55. The highest BCUT2D eigenvalue weighted by Gasteiger charge is 2.15. The first kappa shape index (κ1) is 17.4. The molecule has 0 aliphatic carbocycles. The lowest BCUT2D eigenvalue weighted by molar-refractivity contribution is 0.0943. The summed E-state index contributed by atoms with van der Waals surface area (Å²) in [6, 6.07) is 2.24. The summed E-state index contributed by atoms with van der Waals surface area (Å²) in [5.41, 5.74) is -0.201. The molecule has 2 N–H and O–H groups in total.